The largest absolute Gasteiger partial charge is 0.379 e. The zero-order valence-electron chi connectivity index (χ0n) is 10.3. The van der Waals surface area contributed by atoms with Gasteiger partial charge in [0, 0.05) is 25.2 Å². The fraction of sp³-hybridized carbons (Fsp3) is 1.00. The lowest BCUT2D eigenvalue weighted by Gasteiger charge is -2.38. The molecule has 3 heteroatoms. The summed E-state index contributed by atoms with van der Waals surface area (Å²) >= 11 is 0. The van der Waals surface area contributed by atoms with Crippen LogP contribution >= 0.6 is 0 Å². The van der Waals surface area contributed by atoms with Gasteiger partial charge in [-0.3, -0.25) is 4.90 Å². The summed E-state index contributed by atoms with van der Waals surface area (Å²) in [7, 11) is 0. The van der Waals surface area contributed by atoms with Crippen molar-refractivity contribution in [1.82, 2.24) is 4.90 Å². The van der Waals surface area contributed by atoms with Crippen molar-refractivity contribution in [3.8, 4) is 0 Å². The Morgan fingerprint density at radius 1 is 1.31 bits per heavy atom. The second kappa shape index (κ2) is 4.28. The van der Waals surface area contributed by atoms with Crippen molar-refractivity contribution in [3.63, 3.8) is 0 Å². The van der Waals surface area contributed by atoms with E-state index < -0.39 is 0 Å². The van der Waals surface area contributed by atoms with Crippen LogP contribution in [0, 0.1) is 17.8 Å². The molecular formula is C13H24N2O. The number of hydrogen-bond acceptors (Lipinski definition) is 3. The summed E-state index contributed by atoms with van der Waals surface area (Å²) in [5.41, 5.74) is 6.37. The summed E-state index contributed by atoms with van der Waals surface area (Å²) in [6.45, 7) is 6.39. The first-order valence-corrected chi connectivity index (χ1v) is 6.83. The van der Waals surface area contributed by atoms with Crippen LogP contribution in [-0.4, -0.2) is 43.3 Å². The SMILES string of the molecule is CC1COCCN1CC1C2CCC(C2)C1N. The molecular weight excluding hydrogens is 200 g/mol. The number of morpholine rings is 1. The highest BCUT2D eigenvalue weighted by molar-refractivity contribution is 5.00. The third-order valence-electron chi connectivity index (χ3n) is 5.11. The minimum absolute atomic E-state index is 0.480. The molecule has 92 valence electrons. The van der Waals surface area contributed by atoms with Crippen LogP contribution in [0.15, 0.2) is 0 Å². The summed E-state index contributed by atoms with van der Waals surface area (Å²) in [5.74, 6) is 2.53. The topological polar surface area (TPSA) is 38.5 Å². The summed E-state index contributed by atoms with van der Waals surface area (Å²) in [6, 6.07) is 1.06. The molecule has 0 radical (unpaired) electrons. The van der Waals surface area contributed by atoms with Crippen LogP contribution in [0.25, 0.3) is 0 Å². The quantitative estimate of drug-likeness (QED) is 0.763. The van der Waals surface area contributed by atoms with E-state index in [4.69, 9.17) is 10.5 Å². The monoisotopic (exact) mass is 224 g/mol. The molecule has 5 unspecified atom stereocenters. The van der Waals surface area contributed by atoms with Crippen LogP contribution in [0.4, 0.5) is 0 Å². The summed E-state index contributed by atoms with van der Waals surface area (Å²) < 4.78 is 5.49. The molecule has 16 heavy (non-hydrogen) atoms. The van der Waals surface area contributed by atoms with Crippen LogP contribution in [-0.2, 0) is 4.74 Å². The second-order valence-electron chi connectivity index (χ2n) is 5.99. The molecule has 3 nitrogen and oxygen atoms in total. The van der Waals surface area contributed by atoms with Crippen molar-refractivity contribution in [2.75, 3.05) is 26.3 Å². The van der Waals surface area contributed by atoms with Gasteiger partial charge in [-0.1, -0.05) is 0 Å². The highest BCUT2D eigenvalue weighted by atomic mass is 16.5. The molecule has 2 bridgehead atoms. The van der Waals surface area contributed by atoms with Crippen LogP contribution in [0.1, 0.15) is 26.2 Å². The van der Waals surface area contributed by atoms with Gasteiger partial charge in [0.15, 0.2) is 0 Å². The molecule has 5 atom stereocenters. The zero-order chi connectivity index (χ0) is 11.1. The molecule has 3 rings (SSSR count). The van der Waals surface area contributed by atoms with E-state index >= 15 is 0 Å². The lowest BCUT2D eigenvalue weighted by atomic mass is 9.84. The Bertz CT molecular complexity index is 256. The lowest BCUT2D eigenvalue weighted by Crippen LogP contribution is -2.50. The van der Waals surface area contributed by atoms with Gasteiger partial charge in [0.05, 0.1) is 13.2 Å². The molecule has 1 heterocycles. The molecule has 2 aliphatic carbocycles. The summed E-state index contributed by atoms with van der Waals surface area (Å²) in [5, 5.41) is 0. The average molecular weight is 224 g/mol. The number of hydrogen-bond donors (Lipinski definition) is 1. The van der Waals surface area contributed by atoms with Crippen LogP contribution < -0.4 is 5.73 Å². The Hall–Kier alpha value is -0.120. The van der Waals surface area contributed by atoms with Crippen LogP contribution in [0.3, 0.4) is 0 Å². The van der Waals surface area contributed by atoms with E-state index in [9.17, 15) is 0 Å². The lowest BCUT2D eigenvalue weighted by molar-refractivity contribution is -0.0125. The Labute approximate surface area is 98.3 Å². The van der Waals surface area contributed by atoms with Gasteiger partial charge >= 0.3 is 0 Å². The van der Waals surface area contributed by atoms with Gasteiger partial charge in [-0.25, -0.2) is 0 Å². The predicted octanol–water partition coefficient (Wildman–Crippen LogP) is 1.08. The molecule has 0 aromatic heterocycles. The summed E-state index contributed by atoms with van der Waals surface area (Å²) in [4.78, 5) is 2.59. The van der Waals surface area contributed by atoms with Gasteiger partial charge in [0.1, 0.15) is 0 Å². The molecule has 0 aromatic carbocycles. The maximum atomic E-state index is 6.37. The fourth-order valence-electron chi connectivity index (χ4n) is 4.03. The van der Waals surface area contributed by atoms with E-state index in [0.717, 1.165) is 37.5 Å². The Morgan fingerprint density at radius 3 is 2.81 bits per heavy atom. The number of rotatable bonds is 2. The number of nitrogens with zero attached hydrogens (tertiary/aromatic N) is 1. The highest BCUT2D eigenvalue weighted by Gasteiger charge is 2.46. The van der Waals surface area contributed by atoms with Gasteiger partial charge in [-0.05, 0) is 43.9 Å². The first kappa shape index (κ1) is 11.0. The first-order valence-electron chi connectivity index (χ1n) is 6.83. The standard InChI is InChI=1S/C13H24N2O/c1-9-8-16-5-4-15(9)7-12-10-2-3-11(6-10)13(12)14/h9-13H,2-8,14H2,1H3. The van der Waals surface area contributed by atoms with Gasteiger partial charge in [-0.2, -0.15) is 0 Å². The molecule has 0 amide bonds. The normalized spacial score (nSPS) is 48.8. The van der Waals surface area contributed by atoms with Crippen molar-refractivity contribution in [2.45, 2.75) is 38.3 Å². The molecule has 2 saturated carbocycles. The first-order chi connectivity index (χ1) is 7.75. The smallest absolute Gasteiger partial charge is 0.0619 e. The number of nitrogens with two attached hydrogens (primary N) is 1. The van der Waals surface area contributed by atoms with Crippen molar-refractivity contribution in [1.29, 1.82) is 0 Å². The van der Waals surface area contributed by atoms with Crippen molar-refractivity contribution in [3.05, 3.63) is 0 Å². The average Bonchev–Trinajstić information content (AvgIpc) is 2.85. The third-order valence-corrected chi connectivity index (χ3v) is 5.11. The fourth-order valence-corrected chi connectivity index (χ4v) is 4.03. The summed E-state index contributed by atoms with van der Waals surface area (Å²) in [6.07, 6.45) is 4.23. The maximum Gasteiger partial charge on any atom is 0.0619 e. The minimum atomic E-state index is 0.480. The highest BCUT2D eigenvalue weighted by Crippen LogP contribution is 2.47. The van der Waals surface area contributed by atoms with E-state index in [1.54, 1.807) is 0 Å². The molecule has 3 fully saturated rings. The maximum absolute atomic E-state index is 6.37. The predicted molar refractivity (Wildman–Crippen MR) is 64.2 cm³/mol. The molecule has 0 spiro atoms. The van der Waals surface area contributed by atoms with Crippen molar-refractivity contribution >= 4 is 0 Å². The van der Waals surface area contributed by atoms with Gasteiger partial charge in [0.2, 0.25) is 0 Å². The van der Waals surface area contributed by atoms with Crippen molar-refractivity contribution in [2.24, 2.45) is 23.5 Å². The van der Waals surface area contributed by atoms with Crippen molar-refractivity contribution < 1.29 is 4.74 Å². The third kappa shape index (κ3) is 1.79. The molecule has 1 saturated heterocycles. The van der Waals surface area contributed by atoms with Crippen LogP contribution in [0.2, 0.25) is 0 Å². The Morgan fingerprint density at radius 2 is 2.12 bits per heavy atom. The molecule has 2 N–H and O–H groups in total. The number of fused-ring (bicyclic) bond motifs is 2. The van der Waals surface area contributed by atoms with Gasteiger partial charge < -0.3 is 10.5 Å². The van der Waals surface area contributed by atoms with E-state index in [2.05, 4.69) is 11.8 Å². The van der Waals surface area contributed by atoms with Gasteiger partial charge in [0.25, 0.3) is 0 Å². The van der Waals surface area contributed by atoms with E-state index in [-0.39, 0.29) is 0 Å². The Balaban J connectivity index is 1.61. The van der Waals surface area contributed by atoms with Gasteiger partial charge in [-0.15, -0.1) is 0 Å². The van der Waals surface area contributed by atoms with E-state index in [1.807, 2.05) is 0 Å². The van der Waals surface area contributed by atoms with E-state index in [1.165, 1.54) is 25.8 Å². The molecule has 1 aliphatic heterocycles. The molecule has 3 aliphatic rings. The Kier molecular flexibility index (Phi) is 2.94. The second-order valence-corrected chi connectivity index (χ2v) is 5.99. The van der Waals surface area contributed by atoms with Crippen LogP contribution in [0.5, 0.6) is 0 Å². The molecule has 0 aromatic rings. The minimum Gasteiger partial charge on any atom is -0.379 e. The number of ether oxygens (including phenoxy) is 1. The van der Waals surface area contributed by atoms with E-state index in [0.29, 0.717) is 12.1 Å². The zero-order valence-corrected chi connectivity index (χ0v) is 10.3.